The molecule has 5 atom stereocenters. The van der Waals surface area contributed by atoms with Gasteiger partial charge in [0.2, 0.25) is 0 Å². The second-order valence-corrected chi connectivity index (χ2v) is 6.07. The predicted molar refractivity (Wildman–Crippen MR) is 75.4 cm³/mol. The second kappa shape index (κ2) is 5.66. The lowest BCUT2D eigenvalue weighted by Gasteiger charge is -2.27. The molecule has 3 rings (SSSR count). The Morgan fingerprint density at radius 1 is 1.24 bits per heavy atom. The van der Waals surface area contributed by atoms with E-state index in [4.69, 9.17) is 18.9 Å². The number of aliphatic hydroxyl groups excluding tert-OH is 1. The third-order valence-electron chi connectivity index (χ3n) is 3.79. The lowest BCUT2D eigenvalue weighted by atomic mass is 10.1. The van der Waals surface area contributed by atoms with E-state index < -0.39 is 24.3 Å². The third kappa shape index (κ3) is 3.12. The van der Waals surface area contributed by atoms with E-state index in [9.17, 15) is 5.11 Å². The summed E-state index contributed by atoms with van der Waals surface area (Å²) in [7, 11) is 0. The zero-order valence-electron chi connectivity index (χ0n) is 12.6. The van der Waals surface area contributed by atoms with Gasteiger partial charge in [-0.2, -0.15) is 0 Å². The van der Waals surface area contributed by atoms with Crippen LogP contribution in [0.5, 0.6) is 0 Å². The molecule has 0 aliphatic carbocycles. The molecule has 0 radical (unpaired) electrons. The first-order valence-corrected chi connectivity index (χ1v) is 7.31. The summed E-state index contributed by atoms with van der Waals surface area (Å²) in [5.74, 6) is -0.687. The Hall–Kier alpha value is -0.980. The van der Waals surface area contributed by atoms with Gasteiger partial charge in [0, 0.05) is 0 Å². The lowest BCUT2D eigenvalue weighted by Crippen LogP contribution is -2.41. The molecule has 0 aromatic heterocycles. The highest BCUT2D eigenvalue weighted by Crippen LogP contribution is 2.39. The summed E-state index contributed by atoms with van der Waals surface area (Å²) in [5, 5.41) is 9.89. The van der Waals surface area contributed by atoms with Crippen molar-refractivity contribution in [1.29, 1.82) is 0 Å². The van der Waals surface area contributed by atoms with E-state index in [1.54, 1.807) is 6.92 Å². The quantitative estimate of drug-likeness (QED) is 0.918. The zero-order chi connectivity index (χ0) is 15.0. The van der Waals surface area contributed by atoms with Crippen LogP contribution < -0.4 is 0 Å². The maximum atomic E-state index is 9.89. The van der Waals surface area contributed by atoms with E-state index in [0.717, 1.165) is 5.56 Å². The van der Waals surface area contributed by atoms with Crippen molar-refractivity contribution < 1.29 is 24.1 Å². The Morgan fingerprint density at radius 3 is 2.62 bits per heavy atom. The first-order valence-electron chi connectivity index (χ1n) is 7.31. The monoisotopic (exact) mass is 294 g/mol. The van der Waals surface area contributed by atoms with E-state index in [0.29, 0.717) is 6.61 Å². The van der Waals surface area contributed by atoms with Crippen LogP contribution in [0.2, 0.25) is 0 Å². The average molecular weight is 294 g/mol. The highest BCUT2D eigenvalue weighted by atomic mass is 16.8. The number of hydrogen-bond acceptors (Lipinski definition) is 5. The Balaban J connectivity index is 1.70. The molecular weight excluding hydrogens is 272 g/mol. The molecule has 0 bridgehead atoms. The molecule has 2 aliphatic heterocycles. The minimum absolute atomic E-state index is 0.316. The largest absolute Gasteiger partial charge is 0.391 e. The van der Waals surface area contributed by atoms with Gasteiger partial charge >= 0.3 is 0 Å². The Labute approximate surface area is 124 Å². The summed E-state index contributed by atoms with van der Waals surface area (Å²) in [4.78, 5) is 0. The van der Waals surface area contributed by atoms with Crippen LogP contribution in [0.25, 0.3) is 0 Å². The SMILES string of the molecule is C[C@H](O)[C@H]1O[C@@H]2OC(C)(C)O[C@H]2[C@@H]1OCc1ccccc1. The molecule has 2 heterocycles. The third-order valence-corrected chi connectivity index (χ3v) is 3.79. The molecule has 0 unspecified atom stereocenters. The molecule has 1 aromatic rings. The van der Waals surface area contributed by atoms with E-state index >= 15 is 0 Å². The molecule has 21 heavy (non-hydrogen) atoms. The van der Waals surface area contributed by atoms with Gasteiger partial charge in [-0.05, 0) is 26.3 Å². The molecular formula is C16H22O5. The normalized spacial score (nSPS) is 35.6. The number of benzene rings is 1. The number of hydrogen-bond donors (Lipinski definition) is 1. The van der Waals surface area contributed by atoms with E-state index in [1.165, 1.54) is 0 Å². The van der Waals surface area contributed by atoms with Crippen LogP contribution in [0, 0.1) is 0 Å². The highest BCUT2D eigenvalue weighted by molar-refractivity contribution is 5.13. The molecule has 5 heteroatoms. The summed E-state index contributed by atoms with van der Waals surface area (Å²) in [6.45, 7) is 5.83. The van der Waals surface area contributed by atoms with Crippen molar-refractivity contribution in [3.8, 4) is 0 Å². The van der Waals surface area contributed by atoms with Gasteiger partial charge in [-0.3, -0.25) is 0 Å². The minimum Gasteiger partial charge on any atom is -0.391 e. The number of rotatable bonds is 4. The maximum Gasteiger partial charge on any atom is 0.190 e. The fraction of sp³-hybridized carbons (Fsp3) is 0.625. The van der Waals surface area contributed by atoms with Crippen LogP contribution in [-0.2, 0) is 25.6 Å². The van der Waals surface area contributed by atoms with Crippen molar-refractivity contribution in [2.24, 2.45) is 0 Å². The molecule has 1 aromatic carbocycles. The van der Waals surface area contributed by atoms with Crippen LogP contribution in [0.15, 0.2) is 30.3 Å². The number of aliphatic hydroxyl groups is 1. The van der Waals surface area contributed by atoms with Crippen molar-refractivity contribution in [1.82, 2.24) is 0 Å². The van der Waals surface area contributed by atoms with Crippen LogP contribution in [0.1, 0.15) is 26.3 Å². The summed E-state index contributed by atoms with van der Waals surface area (Å²) in [6.07, 6.45) is -2.24. The molecule has 2 aliphatic rings. The van der Waals surface area contributed by atoms with Crippen LogP contribution >= 0.6 is 0 Å². The number of fused-ring (bicyclic) bond motifs is 1. The van der Waals surface area contributed by atoms with Crippen molar-refractivity contribution in [2.75, 3.05) is 0 Å². The minimum atomic E-state index is -0.687. The molecule has 116 valence electrons. The Morgan fingerprint density at radius 2 is 1.95 bits per heavy atom. The predicted octanol–water partition coefficient (Wildman–Crippen LogP) is 1.83. The summed E-state index contributed by atoms with van der Waals surface area (Å²) in [6, 6.07) is 9.91. The van der Waals surface area contributed by atoms with Gasteiger partial charge < -0.3 is 24.1 Å². The van der Waals surface area contributed by atoms with Gasteiger partial charge in [-0.25, -0.2) is 0 Å². The lowest BCUT2D eigenvalue weighted by molar-refractivity contribution is -0.229. The van der Waals surface area contributed by atoms with Crippen molar-refractivity contribution in [2.45, 2.75) is 63.9 Å². The molecule has 2 saturated heterocycles. The van der Waals surface area contributed by atoms with Crippen molar-refractivity contribution in [3.63, 3.8) is 0 Å². The van der Waals surface area contributed by atoms with Gasteiger partial charge in [0.05, 0.1) is 12.7 Å². The molecule has 0 saturated carbocycles. The van der Waals surface area contributed by atoms with Gasteiger partial charge in [0.1, 0.15) is 18.3 Å². The van der Waals surface area contributed by atoms with Crippen molar-refractivity contribution >= 4 is 0 Å². The maximum absolute atomic E-state index is 9.89. The molecule has 5 nitrogen and oxygen atoms in total. The highest BCUT2D eigenvalue weighted by Gasteiger charge is 2.56. The zero-order valence-corrected chi connectivity index (χ0v) is 12.6. The van der Waals surface area contributed by atoms with E-state index in [-0.39, 0.29) is 12.2 Å². The topological polar surface area (TPSA) is 57.2 Å². The summed E-state index contributed by atoms with van der Waals surface area (Å²) >= 11 is 0. The van der Waals surface area contributed by atoms with Gasteiger partial charge in [0.25, 0.3) is 0 Å². The Kier molecular flexibility index (Phi) is 4.03. The van der Waals surface area contributed by atoms with Gasteiger partial charge in [-0.1, -0.05) is 30.3 Å². The van der Waals surface area contributed by atoms with Crippen LogP contribution in [0.4, 0.5) is 0 Å². The van der Waals surface area contributed by atoms with Crippen LogP contribution in [0.3, 0.4) is 0 Å². The number of ether oxygens (including phenoxy) is 4. The van der Waals surface area contributed by atoms with E-state index in [1.807, 2.05) is 44.2 Å². The molecule has 0 spiro atoms. The first-order chi connectivity index (χ1) is 9.96. The molecule has 2 fully saturated rings. The standard InChI is InChI=1S/C16H22O5/c1-10(17)12-13(18-9-11-7-5-4-6-8-11)14-15(19-12)21-16(2,3)20-14/h4-8,10,12-15,17H,9H2,1-3H3/t10-,12+,13+,14-,15+/m0/s1. The average Bonchev–Trinajstić information content (AvgIpc) is 2.90. The van der Waals surface area contributed by atoms with Gasteiger partial charge in [0.15, 0.2) is 12.1 Å². The Bertz CT molecular complexity index is 473. The smallest absolute Gasteiger partial charge is 0.190 e. The summed E-state index contributed by atoms with van der Waals surface area (Å²) in [5.41, 5.74) is 1.07. The fourth-order valence-corrected chi connectivity index (χ4v) is 2.85. The first kappa shape index (κ1) is 14.9. The molecule has 1 N–H and O–H groups in total. The second-order valence-electron chi connectivity index (χ2n) is 6.07. The fourth-order valence-electron chi connectivity index (χ4n) is 2.85. The van der Waals surface area contributed by atoms with E-state index in [2.05, 4.69) is 0 Å². The van der Waals surface area contributed by atoms with Crippen molar-refractivity contribution in [3.05, 3.63) is 35.9 Å². The summed E-state index contributed by atoms with van der Waals surface area (Å²) < 4.78 is 23.3. The molecule has 0 amide bonds. The van der Waals surface area contributed by atoms with Gasteiger partial charge in [-0.15, -0.1) is 0 Å². The van der Waals surface area contributed by atoms with Crippen LogP contribution in [-0.4, -0.2) is 41.6 Å².